The average molecular weight is 314 g/mol. The molecule has 0 spiro atoms. The summed E-state index contributed by atoms with van der Waals surface area (Å²) in [5.74, 6) is -2.02. The molecule has 0 radical (unpaired) electrons. The number of hydrogen-bond donors (Lipinski definition) is 0. The smallest absolute Gasteiger partial charge is 0.494 e. The van der Waals surface area contributed by atoms with Gasteiger partial charge in [-0.05, 0) is 6.92 Å². The average Bonchev–Trinajstić information content (AvgIpc) is 2.36. The van der Waals surface area contributed by atoms with Gasteiger partial charge in [0.1, 0.15) is 0 Å². The van der Waals surface area contributed by atoms with Gasteiger partial charge >= 0.3 is 12.3 Å². The van der Waals surface area contributed by atoms with Crippen LogP contribution in [-0.4, -0.2) is 31.0 Å². The van der Waals surface area contributed by atoms with Crippen LogP contribution in [0.5, 0.6) is 11.5 Å². The predicted molar refractivity (Wildman–Crippen MR) is 63.0 cm³/mol. The molecular weight excluding hydrogens is 303 g/mol. The van der Waals surface area contributed by atoms with E-state index in [-0.39, 0.29) is 29.5 Å². The van der Waals surface area contributed by atoms with E-state index < -0.39 is 18.1 Å². The summed E-state index contributed by atoms with van der Waals surface area (Å²) < 4.78 is 50.1. The highest BCUT2D eigenvalue weighted by molar-refractivity contribution is 6.17. The highest BCUT2D eigenvalue weighted by Gasteiger charge is 2.34. The molecule has 0 bridgehead atoms. The molecule has 0 N–H and O–H groups in total. The number of esters is 1. The summed E-state index contributed by atoms with van der Waals surface area (Å²) in [6, 6.07) is 0. The highest BCUT2D eigenvalue weighted by Crippen LogP contribution is 2.35. The fraction of sp³-hybridized carbons (Fsp3) is 0.455. The molecule has 0 aliphatic carbocycles. The SMILES string of the molecule is CCOC(=O)c1ncc(OC(F)(F)F)c(CCl)c1OC. The molecule has 0 aliphatic heterocycles. The topological polar surface area (TPSA) is 57.7 Å². The number of ether oxygens (including phenoxy) is 3. The van der Waals surface area contributed by atoms with Crippen molar-refractivity contribution in [2.75, 3.05) is 13.7 Å². The molecule has 0 unspecified atom stereocenters. The van der Waals surface area contributed by atoms with E-state index >= 15 is 0 Å². The fourth-order valence-electron chi connectivity index (χ4n) is 1.42. The molecular formula is C11H11ClF3NO4. The van der Waals surface area contributed by atoms with Crippen LogP contribution in [-0.2, 0) is 10.6 Å². The molecule has 0 saturated heterocycles. The Labute approximate surface area is 117 Å². The lowest BCUT2D eigenvalue weighted by Crippen LogP contribution is -2.19. The molecule has 1 aromatic heterocycles. The van der Waals surface area contributed by atoms with Crippen LogP contribution < -0.4 is 9.47 Å². The Hall–Kier alpha value is -1.70. The maximum Gasteiger partial charge on any atom is 0.573 e. The van der Waals surface area contributed by atoms with Gasteiger partial charge in [0, 0.05) is 0 Å². The van der Waals surface area contributed by atoms with E-state index in [1.807, 2.05) is 0 Å². The number of methoxy groups -OCH3 is 1. The highest BCUT2D eigenvalue weighted by atomic mass is 35.5. The Bertz CT molecular complexity index is 493. The van der Waals surface area contributed by atoms with E-state index in [1.165, 1.54) is 7.11 Å². The molecule has 0 saturated carbocycles. The number of carbonyl (C=O) groups excluding carboxylic acids is 1. The summed E-state index contributed by atoms with van der Waals surface area (Å²) in [5, 5.41) is 0. The third-order valence-electron chi connectivity index (χ3n) is 2.13. The largest absolute Gasteiger partial charge is 0.573 e. The van der Waals surface area contributed by atoms with Crippen molar-refractivity contribution in [3.05, 3.63) is 17.5 Å². The molecule has 1 aromatic rings. The minimum Gasteiger partial charge on any atom is -0.494 e. The number of hydrogen-bond acceptors (Lipinski definition) is 5. The second-order valence-corrected chi connectivity index (χ2v) is 3.65. The Balaban J connectivity index is 3.29. The molecule has 0 aliphatic rings. The molecule has 20 heavy (non-hydrogen) atoms. The van der Waals surface area contributed by atoms with Crippen molar-refractivity contribution in [1.82, 2.24) is 4.98 Å². The normalized spacial score (nSPS) is 11.1. The number of alkyl halides is 4. The monoisotopic (exact) mass is 313 g/mol. The first-order chi connectivity index (χ1) is 9.34. The van der Waals surface area contributed by atoms with E-state index in [9.17, 15) is 18.0 Å². The predicted octanol–water partition coefficient (Wildman–Crippen LogP) is 2.90. The molecule has 9 heteroatoms. The zero-order chi connectivity index (χ0) is 15.3. The fourth-order valence-corrected chi connectivity index (χ4v) is 1.67. The quantitative estimate of drug-likeness (QED) is 0.618. The van der Waals surface area contributed by atoms with Crippen molar-refractivity contribution in [1.29, 1.82) is 0 Å². The zero-order valence-electron chi connectivity index (χ0n) is 10.6. The Morgan fingerprint density at radius 3 is 2.55 bits per heavy atom. The van der Waals surface area contributed by atoms with Crippen LogP contribution in [0.25, 0.3) is 0 Å². The van der Waals surface area contributed by atoms with Crippen molar-refractivity contribution < 1.29 is 32.2 Å². The van der Waals surface area contributed by atoms with Gasteiger partial charge in [-0.3, -0.25) is 0 Å². The van der Waals surface area contributed by atoms with Gasteiger partial charge in [-0.15, -0.1) is 24.8 Å². The number of aromatic nitrogens is 1. The summed E-state index contributed by atoms with van der Waals surface area (Å²) >= 11 is 5.59. The van der Waals surface area contributed by atoms with Crippen molar-refractivity contribution in [2.45, 2.75) is 19.2 Å². The Kier molecular flexibility index (Phi) is 5.43. The maximum atomic E-state index is 12.2. The van der Waals surface area contributed by atoms with Crippen LogP contribution in [0.2, 0.25) is 0 Å². The number of carbonyl (C=O) groups is 1. The van der Waals surface area contributed by atoms with Gasteiger partial charge in [0.25, 0.3) is 0 Å². The van der Waals surface area contributed by atoms with Crippen LogP contribution in [0.15, 0.2) is 6.20 Å². The van der Waals surface area contributed by atoms with E-state index in [0.29, 0.717) is 0 Å². The van der Waals surface area contributed by atoms with Crippen LogP contribution >= 0.6 is 11.6 Å². The van der Waals surface area contributed by atoms with E-state index in [0.717, 1.165) is 6.20 Å². The van der Waals surface area contributed by atoms with Crippen LogP contribution in [0.1, 0.15) is 23.0 Å². The number of pyridine rings is 1. The van der Waals surface area contributed by atoms with Crippen molar-refractivity contribution in [2.24, 2.45) is 0 Å². The molecule has 1 rings (SSSR count). The molecule has 0 amide bonds. The first kappa shape index (κ1) is 16.4. The van der Waals surface area contributed by atoms with Crippen molar-refractivity contribution in [3.8, 4) is 11.5 Å². The van der Waals surface area contributed by atoms with Gasteiger partial charge in [-0.2, -0.15) is 0 Å². The lowest BCUT2D eigenvalue weighted by Gasteiger charge is -2.16. The van der Waals surface area contributed by atoms with Gasteiger partial charge < -0.3 is 14.2 Å². The van der Waals surface area contributed by atoms with Crippen LogP contribution in [0, 0.1) is 0 Å². The van der Waals surface area contributed by atoms with Crippen molar-refractivity contribution >= 4 is 17.6 Å². The molecule has 0 atom stereocenters. The minimum absolute atomic E-state index is 0.0840. The molecule has 5 nitrogen and oxygen atoms in total. The lowest BCUT2D eigenvalue weighted by atomic mass is 10.2. The van der Waals surface area contributed by atoms with E-state index in [1.54, 1.807) is 6.92 Å². The molecule has 112 valence electrons. The summed E-state index contributed by atoms with van der Waals surface area (Å²) in [5.41, 5.74) is -0.399. The van der Waals surface area contributed by atoms with Gasteiger partial charge in [-0.1, -0.05) is 0 Å². The van der Waals surface area contributed by atoms with Crippen LogP contribution in [0.3, 0.4) is 0 Å². The van der Waals surface area contributed by atoms with Gasteiger partial charge in [0.15, 0.2) is 17.2 Å². The maximum absolute atomic E-state index is 12.2. The third-order valence-corrected chi connectivity index (χ3v) is 2.40. The summed E-state index contributed by atoms with van der Waals surface area (Å²) in [6.07, 6.45) is -4.15. The first-order valence-corrected chi connectivity index (χ1v) is 5.92. The van der Waals surface area contributed by atoms with Gasteiger partial charge in [-0.25, -0.2) is 9.78 Å². The van der Waals surface area contributed by atoms with Gasteiger partial charge in [0.2, 0.25) is 0 Å². The first-order valence-electron chi connectivity index (χ1n) is 5.38. The summed E-state index contributed by atoms with van der Waals surface area (Å²) in [7, 11) is 1.17. The van der Waals surface area contributed by atoms with Crippen LogP contribution in [0.4, 0.5) is 13.2 Å². The summed E-state index contributed by atoms with van der Waals surface area (Å²) in [4.78, 5) is 15.2. The lowest BCUT2D eigenvalue weighted by molar-refractivity contribution is -0.275. The van der Waals surface area contributed by atoms with Gasteiger partial charge in [0.05, 0.1) is 31.4 Å². The Morgan fingerprint density at radius 2 is 2.10 bits per heavy atom. The zero-order valence-corrected chi connectivity index (χ0v) is 11.3. The second-order valence-electron chi connectivity index (χ2n) is 3.38. The van der Waals surface area contributed by atoms with E-state index in [4.69, 9.17) is 21.1 Å². The van der Waals surface area contributed by atoms with Crippen molar-refractivity contribution in [3.63, 3.8) is 0 Å². The number of halogens is 4. The molecule has 0 fully saturated rings. The third kappa shape index (κ3) is 3.89. The summed E-state index contributed by atoms with van der Waals surface area (Å²) in [6.45, 7) is 1.66. The molecule has 1 heterocycles. The molecule has 0 aromatic carbocycles. The standard InChI is InChI=1S/C11H11ClF3NO4/c1-3-19-10(17)8-9(18-2)6(4-12)7(5-16-8)20-11(13,14)15/h5H,3-4H2,1-2H3. The second kappa shape index (κ2) is 6.65. The Morgan fingerprint density at radius 1 is 1.45 bits per heavy atom. The van der Waals surface area contributed by atoms with E-state index in [2.05, 4.69) is 9.72 Å². The number of nitrogens with zero attached hydrogens (tertiary/aromatic N) is 1. The minimum atomic E-state index is -4.90. The number of rotatable bonds is 5.